The minimum atomic E-state index is -0.458. The van der Waals surface area contributed by atoms with Crippen LogP contribution in [0.4, 0.5) is 4.79 Å². The van der Waals surface area contributed by atoms with E-state index in [4.69, 9.17) is 4.74 Å². The molecule has 2 atom stereocenters. The maximum absolute atomic E-state index is 11.9. The van der Waals surface area contributed by atoms with Gasteiger partial charge in [0.25, 0.3) is 0 Å². The maximum atomic E-state index is 11.9. The van der Waals surface area contributed by atoms with Gasteiger partial charge < -0.3 is 15.0 Å². The van der Waals surface area contributed by atoms with Crippen LogP contribution in [0.3, 0.4) is 0 Å². The zero-order chi connectivity index (χ0) is 16.9. The van der Waals surface area contributed by atoms with Gasteiger partial charge in [0.15, 0.2) is 0 Å². The Hall–Kier alpha value is -1.63. The molecular formula is C16H29N5O2. The summed E-state index contributed by atoms with van der Waals surface area (Å²) < 4.78 is 7.19. The number of likely N-dealkylation sites (tertiary alicyclic amines) is 1. The van der Waals surface area contributed by atoms with Gasteiger partial charge in [0.1, 0.15) is 18.3 Å². The average Bonchev–Trinajstić information content (AvgIpc) is 2.96. The van der Waals surface area contributed by atoms with Crippen LogP contribution in [-0.2, 0) is 11.3 Å². The third kappa shape index (κ3) is 6.17. The molecule has 2 heterocycles. The van der Waals surface area contributed by atoms with Crippen LogP contribution in [-0.4, -0.2) is 57.0 Å². The van der Waals surface area contributed by atoms with Gasteiger partial charge in [0.05, 0.1) is 6.54 Å². The van der Waals surface area contributed by atoms with E-state index in [-0.39, 0.29) is 12.1 Å². The lowest BCUT2D eigenvalue weighted by Gasteiger charge is -2.36. The molecule has 1 N–H and O–H groups in total. The topological polar surface area (TPSA) is 72.3 Å². The Bertz CT molecular complexity index is 483. The van der Waals surface area contributed by atoms with Crippen molar-refractivity contribution >= 4 is 6.09 Å². The van der Waals surface area contributed by atoms with Crippen LogP contribution in [0.5, 0.6) is 0 Å². The number of nitrogens with zero attached hydrogens (tertiary/aromatic N) is 4. The first kappa shape index (κ1) is 17.7. The number of alkyl carbamates (subject to hydrolysis) is 1. The van der Waals surface area contributed by atoms with Gasteiger partial charge in [0.2, 0.25) is 0 Å². The number of hydrogen-bond acceptors (Lipinski definition) is 5. The van der Waals surface area contributed by atoms with Crippen molar-refractivity contribution in [2.75, 3.05) is 19.6 Å². The molecule has 1 amide bonds. The third-order valence-corrected chi connectivity index (χ3v) is 4.11. The zero-order valence-corrected chi connectivity index (χ0v) is 14.7. The summed E-state index contributed by atoms with van der Waals surface area (Å²) in [4.78, 5) is 18.3. The number of ether oxygens (including phenoxy) is 1. The van der Waals surface area contributed by atoms with Gasteiger partial charge in [-0.25, -0.2) is 9.78 Å². The number of aromatic nitrogens is 3. The highest BCUT2D eigenvalue weighted by Gasteiger charge is 2.27. The van der Waals surface area contributed by atoms with E-state index in [9.17, 15) is 4.79 Å². The van der Waals surface area contributed by atoms with Gasteiger partial charge in [-0.3, -0.25) is 4.68 Å². The molecule has 1 saturated heterocycles. The molecule has 1 aliphatic heterocycles. The first-order valence-electron chi connectivity index (χ1n) is 8.38. The molecule has 7 nitrogen and oxygen atoms in total. The Morgan fingerprint density at radius 2 is 2.22 bits per heavy atom. The summed E-state index contributed by atoms with van der Waals surface area (Å²) in [5, 5.41) is 7.11. The summed E-state index contributed by atoms with van der Waals surface area (Å²) >= 11 is 0. The van der Waals surface area contributed by atoms with Gasteiger partial charge in [0, 0.05) is 19.1 Å². The number of amides is 1. The smallest absolute Gasteiger partial charge is 0.407 e. The standard InChI is InChI=1S/C16H29N5O2/c1-13(19-15(22)23-16(2,3)4)14-6-5-7-20(10-14)8-9-21-12-17-11-18-21/h11-14H,5-10H2,1-4H3,(H,19,22). The second-order valence-electron chi connectivity index (χ2n) is 7.30. The molecule has 1 aromatic rings. The first-order chi connectivity index (χ1) is 10.8. The molecule has 1 aromatic heterocycles. The van der Waals surface area contributed by atoms with Crippen molar-refractivity contribution in [3.05, 3.63) is 12.7 Å². The van der Waals surface area contributed by atoms with E-state index in [0.717, 1.165) is 39.0 Å². The molecule has 2 rings (SSSR count). The molecule has 0 bridgehead atoms. The van der Waals surface area contributed by atoms with Crippen molar-refractivity contribution in [3.8, 4) is 0 Å². The minimum Gasteiger partial charge on any atom is -0.444 e. The molecule has 1 aliphatic rings. The van der Waals surface area contributed by atoms with Crippen LogP contribution in [0.15, 0.2) is 12.7 Å². The first-order valence-corrected chi connectivity index (χ1v) is 8.38. The van der Waals surface area contributed by atoms with Gasteiger partial charge in [-0.2, -0.15) is 5.10 Å². The van der Waals surface area contributed by atoms with Crippen molar-refractivity contribution in [2.24, 2.45) is 5.92 Å². The molecule has 0 aliphatic carbocycles. The van der Waals surface area contributed by atoms with Crippen molar-refractivity contribution in [1.29, 1.82) is 0 Å². The molecule has 7 heteroatoms. The molecule has 0 spiro atoms. The Morgan fingerprint density at radius 3 is 2.87 bits per heavy atom. The number of piperidine rings is 1. The minimum absolute atomic E-state index is 0.110. The molecule has 0 radical (unpaired) electrons. The van der Waals surface area contributed by atoms with Crippen LogP contribution in [0.1, 0.15) is 40.5 Å². The molecule has 0 saturated carbocycles. The molecule has 1 fully saturated rings. The van der Waals surface area contributed by atoms with Gasteiger partial charge in [-0.15, -0.1) is 0 Å². The number of nitrogens with one attached hydrogen (secondary N) is 1. The van der Waals surface area contributed by atoms with Crippen molar-refractivity contribution in [3.63, 3.8) is 0 Å². The van der Waals surface area contributed by atoms with Crippen LogP contribution in [0.2, 0.25) is 0 Å². The van der Waals surface area contributed by atoms with E-state index in [0.29, 0.717) is 5.92 Å². The fraction of sp³-hybridized carbons (Fsp3) is 0.812. The molecule has 130 valence electrons. The summed E-state index contributed by atoms with van der Waals surface area (Å²) in [6, 6.07) is 0.110. The number of hydrogen-bond donors (Lipinski definition) is 1. The molecule has 23 heavy (non-hydrogen) atoms. The SMILES string of the molecule is CC(NC(=O)OC(C)(C)C)C1CCCN(CCn2cncn2)C1. The monoisotopic (exact) mass is 323 g/mol. The van der Waals surface area contributed by atoms with E-state index in [2.05, 4.69) is 27.2 Å². The average molecular weight is 323 g/mol. The number of carbonyl (C=O) groups is 1. The normalized spacial score (nSPS) is 21.0. The fourth-order valence-electron chi connectivity index (χ4n) is 2.91. The molecular weight excluding hydrogens is 294 g/mol. The number of rotatable bonds is 5. The van der Waals surface area contributed by atoms with Crippen molar-refractivity contribution in [2.45, 2.75) is 58.7 Å². The van der Waals surface area contributed by atoms with Crippen LogP contribution in [0.25, 0.3) is 0 Å². The highest BCUT2D eigenvalue weighted by Crippen LogP contribution is 2.20. The quantitative estimate of drug-likeness (QED) is 0.896. The second-order valence-corrected chi connectivity index (χ2v) is 7.30. The third-order valence-electron chi connectivity index (χ3n) is 4.11. The lowest BCUT2D eigenvalue weighted by atomic mass is 9.91. The predicted molar refractivity (Wildman–Crippen MR) is 88.0 cm³/mol. The van der Waals surface area contributed by atoms with Gasteiger partial charge in [-0.1, -0.05) is 0 Å². The lowest BCUT2D eigenvalue weighted by molar-refractivity contribution is 0.0467. The Labute approximate surface area is 138 Å². The maximum Gasteiger partial charge on any atom is 0.407 e. The van der Waals surface area contributed by atoms with Gasteiger partial charge in [-0.05, 0) is 53.0 Å². The van der Waals surface area contributed by atoms with E-state index in [1.165, 1.54) is 0 Å². The number of carbonyl (C=O) groups excluding carboxylic acids is 1. The summed E-state index contributed by atoms with van der Waals surface area (Å²) in [5.41, 5.74) is -0.458. The molecule has 0 aromatic carbocycles. The van der Waals surface area contributed by atoms with E-state index in [1.807, 2.05) is 25.5 Å². The Kier molecular flexibility index (Phi) is 5.98. The van der Waals surface area contributed by atoms with E-state index in [1.54, 1.807) is 12.7 Å². The van der Waals surface area contributed by atoms with E-state index < -0.39 is 5.60 Å². The fourth-order valence-corrected chi connectivity index (χ4v) is 2.91. The zero-order valence-electron chi connectivity index (χ0n) is 14.7. The lowest BCUT2D eigenvalue weighted by Crippen LogP contribution is -2.47. The summed E-state index contributed by atoms with van der Waals surface area (Å²) in [6.45, 7) is 11.6. The van der Waals surface area contributed by atoms with Crippen molar-refractivity contribution in [1.82, 2.24) is 25.0 Å². The second kappa shape index (κ2) is 7.77. The van der Waals surface area contributed by atoms with Crippen molar-refractivity contribution < 1.29 is 9.53 Å². The molecule has 2 unspecified atom stereocenters. The predicted octanol–water partition coefficient (Wildman–Crippen LogP) is 1.90. The summed E-state index contributed by atoms with van der Waals surface area (Å²) in [5.74, 6) is 0.451. The summed E-state index contributed by atoms with van der Waals surface area (Å²) in [7, 11) is 0. The Morgan fingerprint density at radius 1 is 1.43 bits per heavy atom. The highest BCUT2D eigenvalue weighted by molar-refractivity contribution is 5.68. The van der Waals surface area contributed by atoms with E-state index >= 15 is 0 Å². The highest BCUT2D eigenvalue weighted by atomic mass is 16.6. The van der Waals surface area contributed by atoms with Crippen LogP contribution >= 0.6 is 0 Å². The van der Waals surface area contributed by atoms with Crippen LogP contribution in [0, 0.1) is 5.92 Å². The van der Waals surface area contributed by atoms with Gasteiger partial charge >= 0.3 is 6.09 Å². The largest absolute Gasteiger partial charge is 0.444 e. The van der Waals surface area contributed by atoms with Crippen LogP contribution < -0.4 is 5.32 Å². The Balaban J connectivity index is 1.76. The summed E-state index contributed by atoms with van der Waals surface area (Å²) in [6.07, 6.45) is 5.27.